The molecule has 4 N–H and O–H groups in total. The van der Waals surface area contributed by atoms with E-state index in [0.29, 0.717) is 5.69 Å². The summed E-state index contributed by atoms with van der Waals surface area (Å²) in [6.07, 6.45) is 1.04. The van der Waals surface area contributed by atoms with E-state index in [1.54, 1.807) is 13.8 Å². The van der Waals surface area contributed by atoms with Gasteiger partial charge in [-0.25, -0.2) is 9.78 Å². The molecule has 0 aliphatic heterocycles. The molecule has 3 amide bonds. The van der Waals surface area contributed by atoms with Crippen LogP contribution in [0.25, 0.3) is 10.8 Å². The fourth-order valence-corrected chi connectivity index (χ4v) is 5.35. The molecule has 0 spiro atoms. The van der Waals surface area contributed by atoms with Crippen LogP contribution in [0.4, 0.5) is 0 Å². The van der Waals surface area contributed by atoms with Crippen LogP contribution in [0.15, 0.2) is 55.0 Å². The number of esters is 2. The van der Waals surface area contributed by atoms with Crippen LogP contribution in [-0.2, 0) is 46.3 Å². The van der Waals surface area contributed by atoms with Gasteiger partial charge in [0, 0.05) is 31.8 Å². The van der Waals surface area contributed by atoms with Crippen molar-refractivity contribution in [1.82, 2.24) is 25.5 Å². The Morgan fingerprint density at radius 1 is 0.958 bits per heavy atom. The molecule has 13 nitrogen and oxygen atoms in total. The van der Waals surface area contributed by atoms with E-state index in [9.17, 15) is 29.1 Å². The number of nitrogens with zero attached hydrogens (tertiary/aromatic N) is 2. The van der Waals surface area contributed by atoms with Crippen molar-refractivity contribution < 1.29 is 38.6 Å². The number of ether oxygens (including phenoxy) is 2. The van der Waals surface area contributed by atoms with Gasteiger partial charge in [0.25, 0.3) is 0 Å². The lowest BCUT2D eigenvalue weighted by Crippen LogP contribution is -2.56. The molecule has 13 heteroatoms. The highest BCUT2D eigenvalue weighted by Crippen LogP contribution is 2.23. The Bertz CT molecular complexity index is 1540. The molecule has 0 saturated carbocycles. The number of H-pyrrole nitrogens is 1. The fourth-order valence-electron chi connectivity index (χ4n) is 5.35. The number of aromatic nitrogens is 2. The third-order valence-electron chi connectivity index (χ3n) is 7.80. The maximum Gasteiger partial charge on any atom is 0.337 e. The zero-order valence-electron chi connectivity index (χ0n) is 28.4. The number of methoxy groups -OCH3 is 1. The molecule has 0 saturated heterocycles. The van der Waals surface area contributed by atoms with Crippen molar-refractivity contribution in [2.24, 2.45) is 11.8 Å². The van der Waals surface area contributed by atoms with Gasteiger partial charge in [-0.3, -0.25) is 19.2 Å². The molecule has 4 atom stereocenters. The van der Waals surface area contributed by atoms with Gasteiger partial charge in [0.1, 0.15) is 12.6 Å². The first-order chi connectivity index (χ1) is 22.8. The summed E-state index contributed by atoms with van der Waals surface area (Å²) < 4.78 is 9.87. The zero-order chi connectivity index (χ0) is 35.4. The molecule has 3 rings (SSSR count). The molecule has 260 valence electrons. The summed E-state index contributed by atoms with van der Waals surface area (Å²) in [7, 11) is 2.67. The minimum Gasteiger partial charge on any atom is -0.468 e. The van der Waals surface area contributed by atoms with Crippen LogP contribution in [0.1, 0.15) is 51.8 Å². The molecule has 0 aliphatic carbocycles. The number of benzene rings is 2. The quantitative estimate of drug-likeness (QED) is 0.157. The summed E-state index contributed by atoms with van der Waals surface area (Å²) in [5.41, 5.74) is 1.38. The standard InChI is InChI=1S/C35H47N5O8/c1-21(2)14-28(32(43)35(46)48-22(3)4)38-34(45)29(17-26-18-36-20-37-26)39-33(44)25(16-30(41)40(5)19-31(42)47-6)15-24-12-9-11-23-10-7-8-13-27(23)24/h7-13,18,20-22,25,28-29,32,43H,14-17,19H2,1-6H3,(H,36,37)(H,38,45)(H,39,44)/t25?,28-,29-,32?/m0/s1. The number of aromatic amines is 1. The number of hydrogen-bond donors (Lipinski definition) is 4. The molecular formula is C35H47N5O8. The number of aliphatic hydroxyl groups is 1. The second-order valence-electron chi connectivity index (χ2n) is 12.6. The number of nitrogens with one attached hydrogen (secondary N) is 3. The minimum atomic E-state index is -1.63. The number of amides is 3. The molecule has 3 aromatic rings. The van der Waals surface area contributed by atoms with Crippen LogP contribution in [0, 0.1) is 11.8 Å². The number of carbonyl (C=O) groups is 5. The number of likely N-dealkylation sites (N-methyl/N-ethyl adjacent to an activating group) is 1. The average Bonchev–Trinajstić information content (AvgIpc) is 3.56. The van der Waals surface area contributed by atoms with Crippen molar-refractivity contribution in [3.63, 3.8) is 0 Å². The lowest BCUT2D eigenvalue weighted by molar-refractivity contribution is -0.159. The van der Waals surface area contributed by atoms with Crippen LogP contribution in [0.2, 0.25) is 0 Å². The van der Waals surface area contributed by atoms with Crippen molar-refractivity contribution in [1.29, 1.82) is 0 Å². The number of aliphatic hydroxyl groups excluding tert-OH is 1. The van der Waals surface area contributed by atoms with Crippen LogP contribution >= 0.6 is 0 Å². The van der Waals surface area contributed by atoms with Gasteiger partial charge in [0.15, 0.2) is 6.10 Å². The van der Waals surface area contributed by atoms with E-state index in [4.69, 9.17) is 9.47 Å². The third-order valence-corrected chi connectivity index (χ3v) is 7.80. The monoisotopic (exact) mass is 665 g/mol. The van der Waals surface area contributed by atoms with Gasteiger partial charge in [-0.05, 0) is 48.9 Å². The number of rotatable bonds is 17. The van der Waals surface area contributed by atoms with Crippen molar-refractivity contribution in [3.05, 3.63) is 66.2 Å². The Morgan fingerprint density at radius 3 is 2.31 bits per heavy atom. The maximum atomic E-state index is 14.1. The van der Waals surface area contributed by atoms with E-state index in [1.165, 1.54) is 31.6 Å². The van der Waals surface area contributed by atoms with Gasteiger partial charge >= 0.3 is 11.9 Å². The molecule has 0 fully saturated rings. The number of imidazole rings is 1. The fraction of sp³-hybridized carbons (Fsp3) is 0.486. The number of carbonyl (C=O) groups excluding carboxylic acids is 5. The summed E-state index contributed by atoms with van der Waals surface area (Å²) in [4.78, 5) is 73.8. The first kappa shape index (κ1) is 37.7. The third kappa shape index (κ3) is 11.2. The lowest BCUT2D eigenvalue weighted by atomic mass is 9.91. The van der Waals surface area contributed by atoms with Crippen molar-refractivity contribution >= 4 is 40.4 Å². The van der Waals surface area contributed by atoms with Gasteiger partial charge < -0.3 is 35.1 Å². The first-order valence-corrected chi connectivity index (χ1v) is 16.0. The van der Waals surface area contributed by atoms with E-state index >= 15 is 0 Å². The predicted octanol–water partition coefficient (Wildman–Crippen LogP) is 2.31. The smallest absolute Gasteiger partial charge is 0.337 e. The van der Waals surface area contributed by atoms with Gasteiger partial charge in [0.05, 0.1) is 31.5 Å². The minimum absolute atomic E-state index is 0.00415. The molecular weight excluding hydrogens is 618 g/mol. The van der Waals surface area contributed by atoms with Crippen LogP contribution in [0.5, 0.6) is 0 Å². The Labute approximate surface area is 280 Å². The van der Waals surface area contributed by atoms with Gasteiger partial charge in [-0.1, -0.05) is 56.3 Å². The molecule has 2 aromatic carbocycles. The van der Waals surface area contributed by atoms with E-state index < -0.39 is 59.9 Å². The first-order valence-electron chi connectivity index (χ1n) is 16.0. The normalized spacial score (nSPS) is 13.8. The number of hydrogen-bond acceptors (Lipinski definition) is 9. The molecule has 2 unspecified atom stereocenters. The summed E-state index contributed by atoms with van der Waals surface area (Å²) in [6.45, 7) is 6.79. The Kier molecular flexibility index (Phi) is 14.1. The van der Waals surface area contributed by atoms with Gasteiger partial charge in [-0.2, -0.15) is 0 Å². The largest absolute Gasteiger partial charge is 0.468 e. The maximum absolute atomic E-state index is 14.1. The lowest BCUT2D eigenvalue weighted by Gasteiger charge is -2.28. The highest BCUT2D eigenvalue weighted by atomic mass is 16.6. The summed E-state index contributed by atoms with van der Waals surface area (Å²) in [5.74, 6) is -4.07. The molecule has 1 heterocycles. The van der Waals surface area contributed by atoms with E-state index in [-0.39, 0.29) is 38.1 Å². The van der Waals surface area contributed by atoms with E-state index in [0.717, 1.165) is 16.3 Å². The Morgan fingerprint density at radius 2 is 1.67 bits per heavy atom. The summed E-state index contributed by atoms with van der Waals surface area (Å²) >= 11 is 0. The summed E-state index contributed by atoms with van der Waals surface area (Å²) in [6, 6.07) is 11.2. The molecule has 0 aliphatic rings. The van der Waals surface area contributed by atoms with Crippen molar-refractivity contribution in [2.45, 2.75) is 77.7 Å². The predicted molar refractivity (Wildman–Crippen MR) is 178 cm³/mol. The van der Waals surface area contributed by atoms with E-state index in [2.05, 4.69) is 20.6 Å². The zero-order valence-corrected chi connectivity index (χ0v) is 28.4. The SMILES string of the molecule is COC(=O)CN(C)C(=O)CC(Cc1cccc2ccccc12)C(=O)N[C@@H](Cc1cnc[nH]1)C(=O)N[C@@H](CC(C)C)C(O)C(=O)OC(C)C. The van der Waals surface area contributed by atoms with E-state index in [1.807, 2.05) is 56.3 Å². The molecule has 48 heavy (non-hydrogen) atoms. The topological polar surface area (TPSA) is 180 Å². The van der Waals surface area contributed by atoms with Gasteiger partial charge in [-0.15, -0.1) is 0 Å². The van der Waals surface area contributed by atoms with Crippen LogP contribution in [-0.4, -0.2) is 94.6 Å². The molecule has 1 aromatic heterocycles. The highest BCUT2D eigenvalue weighted by Gasteiger charge is 2.34. The Balaban J connectivity index is 1.92. The average molecular weight is 666 g/mol. The summed E-state index contributed by atoms with van der Waals surface area (Å²) in [5, 5.41) is 18.3. The molecule has 0 radical (unpaired) electrons. The molecule has 0 bridgehead atoms. The highest BCUT2D eigenvalue weighted by molar-refractivity contribution is 5.93. The van der Waals surface area contributed by atoms with Crippen molar-refractivity contribution in [3.8, 4) is 0 Å². The van der Waals surface area contributed by atoms with Crippen LogP contribution < -0.4 is 10.6 Å². The van der Waals surface area contributed by atoms with Crippen molar-refractivity contribution in [2.75, 3.05) is 20.7 Å². The van der Waals surface area contributed by atoms with Crippen LogP contribution in [0.3, 0.4) is 0 Å². The number of fused-ring (bicyclic) bond motifs is 1. The Hall–Kier alpha value is -4.78. The second kappa shape index (κ2) is 17.9. The second-order valence-corrected chi connectivity index (χ2v) is 12.6. The van der Waals surface area contributed by atoms with Gasteiger partial charge in [0.2, 0.25) is 17.7 Å².